The largest absolute Gasteiger partial charge is 0.497 e. The number of thioether (sulfide) groups is 1. The zero-order valence-corrected chi connectivity index (χ0v) is 30.1. The second kappa shape index (κ2) is 15.6. The molecule has 0 unspecified atom stereocenters. The molecule has 0 atom stereocenters. The number of carbonyl (C=O) groups is 2. The summed E-state index contributed by atoms with van der Waals surface area (Å²) in [5.74, 6) is 0.198. The molecular formula is C42H33N3O6S2. The van der Waals surface area contributed by atoms with Crippen LogP contribution in [-0.2, 0) is 32.6 Å². The fourth-order valence-electron chi connectivity index (χ4n) is 5.67. The number of amides is 2. The second-order valence-electron chi connectivity index (χ2n) is 12.1. The van der Waals surface area contributed by atoms with Crippen LogP contribution in [0.5, 0.6) is 11.5 Å². The van der Waals surface area contributed by atoms with Crippen LogP contribution in [0.4, 0.5) is 5.69 Å². The van der Waals surface area contributed by atoms with E-state index in [9.17, 15) is 18.0 Å². The number of carbonyl (C=O) groups excluding carboxylic acids is 2. The topological polar surface area (TPSA) is 123 Å². The Bertz CT molecular complexity index is 2460. The molecule has 9 nitrogen and oxygen atoms in total. The molecule has 0 radical (unpaired) electrons. The summed E-state index contributed by atoms with van der Waals surface area (Å²) in [7, 11) is -2.56. The third kappa shape index (κ3) is 8.66. The van der Waals surface area contributed by atoms with Crippen LogP contribution in [0.15, 0.2) is 154 Å². The lowest BCUT2D eigenvalue weighted by Crippen LogP contribution is -2.31. The Labute approximate surface area is 311 Å². The number of hydrogen-bond acceptors (Lipinski definition) is 8. The standard InChI is InChI=1S/C42H33N3O6S2/c1-50-36-19-21-37(22-20-36)53(48,49)45-40(46)23-28-13-17-35(18-14-28)43-42-44-41(47)39(52-42)26-34-24-32-9-5-6-10-33(32)25-38(34)51-27-29-11-15-31(16-12-29)30-7-3-2-4-8-30/h2-22,24-26H,23,27H2,1H3,(H,45,46)(H,43,44,47). The summed E-state index contributed by atoms with van der Waals surface area (Å²) >= 11 is 1.21. The molecule has 1 fully saturated rings. The van der Waals surface area contributed by atoms with Crippen LogP contribution in [0.2, 0.25) is 0 Å². The number of rotatable bonds is 11. The van der Waals surface area contributed by atoms with Crippen LogP contribution < -0.4 is 19.5 Å². The van der Waals surface area contributed by atoms with Crippen molar-refractivity contribution in [1.82, 2.24) is 10.0 Å². The lowest BCUT2D eigenvalue weighted by Gasteiger charge is -2.12. The number of nitrogens with zero attached hydrogens (tertiary/aromatic N) is 1. The molecule has 1 heterocycles. The lowest BCUT2D eigenvalue weighted by molar-refractivity contribution is -0.118. The van der Waals surface area contributed by atoms with Gasteiger partial charge in [0.25, 0.3) is 15.9 Å². The minimum atomic E-state index is -4.04. The highest BCUT2D eigenvalue weighted by molar-refractivity contribution is 8.18. The van der Waals surface area contributed by atoms with Gasteiger partial charge < -0.3 is 14.8 Å². The van der Waals surface area contributed by atoms with E-state index in [1.165, 1.54) is 43.1 Å². The molecule has 11 heteroatoms. The van der Waals surface area contributed by atoms with Gasteiger partial charge in [0.15, 0.2) is 5.17 Å². The van der Waals surface area contributed by atoms with Gasteiger partial charge in [0.05, 0.1) is 29.0 Å². The molecule has 0 aliphatic carbocycles. The Hall–Kier alpha value is -6.17. The third-order valence-corrected chi connectivity index (χ3v) is 10.7. The third-order valence-electron chi connectivity index (χ3n) is 8.42. The molecule has 0 aromatic heterocycles. The SMILES string of the molecule is COc1ccc(S(=O)(=O)NC(=O)Cc2ccc(N=C3NC(=O)C(=Cc4cc5ccccc5cc4OCc4ccc(-c5ccccc5)cc4)S3)cc2)cc1. The number of benzene rings is 6. The van der Waals surface area contributed by atoms with Gasteiger partial charge in [-0.05, 0) is 99.4 Å². The average molecular weight is 740 g/mol. The van der Waals surface area contributed by atoms with Gasteiger partial charge in [0.1, 0.15) is 18.1 Å². The first kappa shape index (κ1) is 35.2. The first-order chi connectivity index (χ1) is 25.7. The Morgan fingerprint density at radius 1 is 0.792 bits per heavy atom. The molecule has 7 rings (SSSR count). The number of amidine groups is 1. The van der Waals surface area contributed by atoms with Crippen molar-refractivity contribution in [2.45, 2.75) is 17.9 Å². The number of methoxy groups -OCH3 is 1. The van der Waals surface area contributed by atoms with Crippen molar-refractivity contribution in [1.29, 1.82) is 0 Å². The summed E-state index contributed by atoms with van der Waals surface area (Å²) in [4.78, 5) is 30.7. The van der Waals surface area contributed by atoms with E-state index in [4.69, 9.17) is 9.47 Å². The van der Waals surface area contributed by atoms with Crippen molar-refractivity contribution >= 4 is 61.3 Å². The molecule has 0 saturated carbocycles. The minimum Gasteiger partial charge on any atom is -0.497 e. The maximum Gasteiger partial charge on any atom is 0.264 e. The van der Waals surface area contributed by atoms with Gasteiger partial charge in [-0.2, -0.15) is 0 Å². The summed E-state index contributed by atoms with van der Waals surface area (Å²) in [5, 5.41) is 5.27. The van der Waals surface area contributed by atoms with E-state index in [1.54, 1.807) is 24.3 Å². The summed E-state index contributed by atoms with van der Waals surface area (Å²) in [5.41, 5.74) is 5.21. The summed E-state index contributed by atoms with van der Waals surface area (Å²) < 4.78 is 38.8. The van der Waals surface area contributed by atoms with Gasteiger partial charge in [0, 0.05) is 5.56 Å². The predicted octanol–water partition coefficient (Wildman–Crippen LogP) is 8.03. The monoisotopic (exact) mass is 739 g/mol. The highest BCUT2D eigenvalue weighted by Crippen LogP contribution is 2.34. The number of sulfonamides is 1. The number of nitrogens with one attached hydrogen (secondary N) is 2. The molecule has 1 aliphatic heterocycles. The molecular weight excluding hydrogens is 707 g/mol. The van der Waals surface area contributed by atoms with Crippen molar-refractivity contribution in [3.05, 3.63) is 161 Å². The molecule has 2 N–H and O–H groups in total. The summed E-state index contributed by atoms with van der Waals surface area (Å²) in [6.45, 7) is 0.353. The Balaban J connectivity index is 1.02. The highest BCUT2D eigenvalue weighted by atomic mass is 32.2. The lowest BCUT2D eigenvalue weighted by atomic mass is 10.0. The maximum absolute atomic E-state index is 13.1. The number of aliphatic imine (C=N–C) groups is 1. The van der Waals surface area contributed by atoms with Crippen LogP contribution in [-0.4, -0.2) is 32.5 Å². The normalized spacial score (nSPS) is 14.3. The van der Waals surface area contributed by atoms with Crippen LogP contribution in [0.3, 0.4) is 0 Å². The predicted molar refractivity (Wildman–Crippen MR) is 209 cm³/mol. The molecule has 6 aromatic carbocycles. The van der Waals surface area contributed by atoms with Gasteiger partial charge in [-0.15, -0.1) is 0 Å². The first-order valence-corrected chi connectivity index (χ1v) is 18.9. The van der Waals surface area contributed by atoms with E-state index in [-0.39, 0.29) is 17.2 Å². The molecule has 264 valence electrons. The van der Waals surface area contributed by atoms with Crippen LogP contribution in [0.1, 0.15) is 16.7 Å². The van der Waals surface area contributed by atoms with Gasteiger partial charge in [-0.25, -0.2) is 18.1 Å². The number of hydrogen-bond donors (Lipinski definition) is 2. The second-order valence-corrected chi connectivity index (χ2v) is 14.8. The maximum atomic E-state index is 13.1. The van der Waals surface area contributed by atoms with E-state index in [0.29, 0.717) is 39.4 Å². The smallest absolute Gasteiger partial charge is 0.264 e. The fraction of sp³-hybridized carbons (Fsp3) is 0.0714. The van der Waals surface area contributed by atoms with Crippen molar-refractivity contribution in [2.75, 3.05) is 7.11 Å². The molecule has 6 aromatic rings. The van der Waals surface area contributed by atoms with Crippen molar-refractivity contribution in [2.24, 2.45) is 4.99 Å². The van der Waals surface area contributed by atoms with E-state index in [1.807, 2.05) is 60.7 Å². The van der Waals surface area contributed by atoms with E-state index < -0.39 is 15.9 Å². The molecule has 53 heavy (non-hydrogen) atoms. The van der Waals surface area contributed by atoms with Gasteiger partial charge in [-0.3, -0.25) is 9.59 Å². The van der Waals surface area contributed by atoms with E-state index in [0.717, 1.165) is 33.0 Å². The van der Waals surface area contributed by atoms with Gasteiger partial charge in [-0.1, -0.05) is 91.0 Å². The number of fused-ring (bicyclic) bond motifs is 1. The number of ether oxygens (including phenoxy) is 2. The molecule has 0 bridgehead atoms. The van der Waals surface area contributed by atoms with Crippen LogP contribution >= 0.6 is 11.8 Å². The van der Waals surface area contributed by atoms with Crippen molar-refractivity contribution in [3.8, 4) is 22.6 Å². The Kier molecular flexibility index (Phi) is 10.4. The molecule has 1 saturated heterocycles. The van der Waals surface area contributed by atoms with E-state index in [2.05, 4.69) is 51.4 Å². The van der Waals surface area contributed by atoms with Crippen LogP contribution in [0, 0.1) is 0 Å². The first-order valence-electron chi connectivity index (χ1n) is 16.6. The highest BCUT2D eigenvalue weighted by Gasteiger charge is 2.25. The zero-order valence-electron chi connectivity index (χ0n) is 28.5. The van der Waals surface area contributed by atoms with Gasteiger partial charge in [0.2, 0.25) is 5.91 Å². The van der Waals surface area contributed by atoms with Crippen molar-refractivity contribution < 1.29 is 27.5 Å². The van der Waals surface area contributed by atoms with Crippen molar-refractivity contribution in [3.63, 3.8) is 0 Å². The van der Waals surface area contributed by atoms with E-state index >= 15 is 0 Å². The average Bonchev–Trinajstić information content (AvgIpc) is 3.52. The minimum absolute atomic E-state index is 0.0447. The van der Waals surface area contributed by atoms with Gasteiger partial charge >= 0.3 is 0 Å². The molecule has 1 aliphatic rings. The fourth-order valence-corrected chi connectivity index (χ4v) is 7.49. The zero-order chi connectivity index (χ0) is 36.8. The summed E-state index contributed by atoms with van der Waals surface area (Å²) in [6.07, 6.45) is 1.66. The van der Waals surface area contributed by atoms with Crippen LogP contribution in [0.25, 0.3) is 28.0 Å². The Morgan fingerprint density at radius 2 is 1.43 bits per heavy atom. The Morgan fingerprint density at radius 3 is 2.13 bits per heavy atom. The molecule has 2 amide bonds. The molecule has 0 spiro atoms. The summed E-state index contributed by atoms with van der Waals surface area (Å²) in [6, 6.07) is 43.0. The quantitative estimate of drug-likeness (QED) is 0.129.